The molecule has 2 aromatic rings. The highest BCUT2D eigenvalue weighted by Gasteiger charge is 2.43. The Morgan fingerprint density at radius 3 is 2.33 bits per heavy atom. The summed E-state index contributed by atoms with van der Waals surface area (Å²) in [5.41, 5.74) is 4.53. The molecule has 4 heteroatoms. The van der Waals surface area contributed by atoms with Crippen LogP contribution in [0.1, 0.15) is 79.2 Å². The van der Waals surface area contributed by atoms with E-state index in [2.05, 4.69) is 13.8 Å². The minimum Gasteiger partial charge on any atom is -0.462 e. The van der Waals surface area contributed by atoms with E-state index in [0.717, 1.165) is 27.8 Å². The van der Waals surface area contributed by atoms with Crippen molar-refractivity contribution in [3.8, 4) is 0 Å². The molecule has 0 atom stereocenters. The number of esters is 1. The predicted octanol–water partition coefficient (Wildman–Crippen LogP) is 5.05. The number of carbonyl (C=O) groups excluding carboxylic acids is 2. The van der Waals surface area contributed by atoms with Crippen LogP contribution in [0.15, 0.2) is 36.4 Å². The molecule has 0 aliphatic heterocycles. The Labute approximate surface area is 178 Å². The molecule has 158 valence electrons. The summed E-state index contributed by atoms with van der Waals surface area (Å²) in [4.78, 5) is 24.6. The van der Waals surface area contributed by atoms with Gasteiger partial charge in [-0.05, 0) is 66.1 Å². The van der Waals surface area contributed by atoms with Crippen molar-refractivity contribution in [1.82, 2.24) is 0 Å². The summed E-state index contributed by atoms with van der Waals surface area (Å²) >= 11 is 0. The monoisotopic (exact) mass is 406 g/mol. The van der Waals surface area contributed by atoms with E-state index in [9.17, 15) is 14.7 Å². The second kappa shape index (κ2) is 8.19. The smallest absolute Gasteiger partial charge is 0.338 e. The Kier molecular flexibility index (Phi) is 6.00. The second-order valence-corrected chi connectivity index (χ2v) is 9.04. The van der Waals surface area contributed by atoms with E-state index in [1.54, 1.807) is 19.1 Å². The van der Waals surface area contributed by atoms with Crippen LogP contribution in [0, 0.1) is 0 Å². The van der Waals surface area contributed by atoms with Crippen molar-refractivity contribution in [2.24, 2.45) is 0 Å². The molecule has 0 radical (unpaired) electrons. The van der Waals surface area contributed by atoms with Crippen LogP contribution in [-0.2, 0) is 27.0 Å². The van der Waals surface area contributed by atoms with Gasteiger partial charge in [0.15, 0.2) is 0 Å². The molecule has 0 saturated carbocycles. The number of hydrogen-bond donors (Lipinski definition) is 1. The van der Waals surface area contributed by atoms with E-state index in [4.69, 9.17) is 4.74 Å². The zero-order valence-corrected chi connectivity index (χ0v) is 18.4. The maximum absolute atomic E-state index is 12.8. The number of ether oxygens (including phenoxy) is 1. The summed E-state index contributed by atoms with van der Waals surface area (Å²) in [6.07, 6.45) is 4.39. The van der Waals surface area contributed by atoms with Crippen molar-refractivity contribution < 1.29 is 19.4 Å². The molecule has 0 heterocycles. The SMILES string of the molecule is CCOC(=O)c1ccc(/C=C/c2cc3c(cc2CO)C(C)(C)CC(=O)C3(C)C)cc1. The third-order valence-corrected chi connectivity index (χ3v) is 6.03. The van der Waals surface area contributed by atoms with Gasteiger partial charge < -0.3 is 9.84 Å². The van der Waals surface area contributed by atoms with Gasteiger partial charge in [0.25, 0.3) is 0 Å². The first-order valence-corrected chi connectivity index (χ1v) is 10.4. The Morgan fingerprint density at radius 2 is 1.73 bits per heavy atom. The number of carbonyl (C=O) groups is 2. The van der Waals surface area contributed by atoms with Gasteiger partial charge in [-0.15, -0.1) is 0 Å². The zero-order chi connectivity index (χ0) is 22.1. The van der Waals surface area contributed by atoms with Crippen molar-refractivity contribution in [2.45, 2.75) is 58.5 Å². The van der Waals surface area contributed by atoms with E-state index < -0.39 is 5.41 Å². The van der Waals surface area contributed by atoms with Gasteiger partial charge in [0.2, 0.25) is 0 Å². The van der Waals surface area contributed by atoms with Crippen LogP contribution in [0.3, 0.4) is 0 Å². The number of hydrogen-bond acceptors (Lipinski definition) is 4. The zero-order valence-electron chi connectivity index (χ0n) is 18.4. The van der Waals surface area contributed by atoms with Crippen LogP contribution in [-0.4, -0.2) is 23.5 Å². The summed E-state index contributed by atoms with van der Waals surface area (Å²) in [5, 5.41) is 9.97. The third-order valence-electron chi connectivity index (χ3n) is 6.03. The first-order valence-electron chi connectivity index (χ1n) is 10.4. The largest absolute Gasteiger partial charge is 0.462 e. The molecule has 4 nitrogen and oxygen atoms in total. The van der Waals surface area contributed by atoms with E-state index >= 15 is 0 Å². The first kappa shape index (κ1) is 22.0. The van der Waals surface area contributed by atoms with Crippen LogP contribution < -0.4 is 0 Å². The lowest BCUT2D eigenvalue weighted by Crippen LogP contribution is -2.42. The van der Waals surface area contributed by atoms with Crippen LogP contribution >= 0.6 is 0 Å². The molecule has 2 aromatic carbocycles. The molecule has 0 bridgehead atoms. The Bertz CT molecular complexity index is 994. The summed E-state index contributed by atoms with van der Waals surface area (Å²) in [6.45, 7) is 10.2. The van der Waals surface area contributed by atoms with E-state index in [1.165, 1.54) is 0 Å². The molecular weight excluding hydrogens is 376 g/mol. The highest BCUT2D eigenvalue weighted by atomic mass is 16.5. The van der Waals surface area contributed by atoms with Gasteiger partial charge in [-0.1, -0.05) is 50.3 Å². The van der Waals surface area contributed by atoms with Crippen LogP contribution in [0.25, 0.3) is 12.2 Å². The quantitative estimate of drug-likeness (QED) is 0.557. The van der Waals surface area contributed by atoms with Crippen LogP contribution in [0.4, 0.5) is 0 Å². The van der Waals surface area contributed by atoms with Crippen molar-refractivity contribution >= 4 is 23.9 Å². The number of ketones is 1. The maximum atomic E-state index is 12.8. The number of aliphatic hydroxyl groups is 1. The van der Waals surface area contributed by atoms with Gasteiger partial charge in [0.1, 0.15) is 5.78 Å². The molecule has 0 saturated heterocycles. The second-order valence-electron chi connectivity index (χ2n) is 9.04. The lowest BCUT2D eigenvalue weighted by atomic mass is 9.62. The van der Waals surface area contributed by atoms with Crippen LogP contribution in [0.2, 0.25) is 0 Å². The molecular formula is C26H30O4. The average Bonchev–Trinajstić information content (AvgIpc) is 2.70. The van der Waals surface area contributed by atoms with E-state index in [1.807, 2.05) is 50.3 Å². The summed E-state index contributed by atoms with van der Waals surface area (Å²) in [7, 11) is 0. The van der Waals surface area contributed by atoms with Gasteiger partial charge >= 0.3 is 5.97 Å². The Morgan fingerprint density at radius 1 is 1.07 bits per heavy atom. The fraction of sp³-hybridized carbons (Fsp3) is 0.385. The summed E-state index contributed by atoms with van der Waals surface area (Å²) in [5.74, 6) is -0.0963. The Hall–Kier alpha value is -2.72. The number of rotatable bonds is 5. The van der Waals surface area contributed by atoms with Crippen LogP contribution in [0.5, 0.6) is 0 Å². The summed E-state index contributed by atoms with van der Waals surface area (Å²) < 4.78 is 5.01. The molecule has 0 spiro atoms. The number of benzene rings is 2. The standard InChI is InChI=1S/C26H30O4/c1-6-30-24(29)18-10-7-17(8-11-18)9-12-19-13-22-21(14-20(19)16-27)25(2,3)15-23(28)26(22,4)5/h7-14,27H,6,15-16H2,1-5H3/b12-9+. The van der Waals surface area contributed by atoms with Crippen molar-refractivity contribution in [3.63, 3.8) is 0 Å². The third kappa shape index (κ3) is 4.10. The number of Topliss-reactive ketones (excluding diaryl/α,β-unsaturated/α-hetero) is 1. The van der Waals surface area contributed by atoms with Gasteiger partial charge in [0.05, 0.1) is 18.8 Å². The first-order chi connectivity index (χ1) is 14.1. The maximum Gasteiger partial charge on any atom is 0.338 e. The van der Waals surface area contributed by atoms with E-state index in [-0.39, 0.29) is 23.8 Å². The topological polar surface area (TPSA) is 63.6 Å². The molecule has 1 N–H and O–H groups in total. The average molecular weight is 407 g/mol. The molecule has 0 amide bonds. The van der Waals surface area contributed by atoms with E-state index in [0.29, 0.717) is 18.6 Å². The number of fused-ring (bicyclic) bond motifs is 1. The normalized spacial score (nSPS) is 17.1. The predicted molar refractivity (Wildman–Crippen MR) is 119 cm³/mol. The minimum absolute atomic E-state index is 0.0702. The Balaban J connectivity index is 1.98. The van der Waals surface area contributed by atoms with Gasteiger partial charge in [-0.25, -0.2) is 4.79 Å². The van der Waals surface area contributed by atoms with Gasteiger partial charge in [0, 0.05) is 11.8 Å². The van der Waals surface area contributed by atoms with Gasteiger partial charge in [-0.2, -0.15) is 0 Å². The highest BCUT2D eigenvalue weighted by Crippen LogP contribution is 2.45. The molecule has 30 heavy (non-hydrogen) atoms. The molecule has 1 aliphatic carbocycles. The molecule has 0 fully saturated rings. The number of aliphatic hydroxyl groups excluding tert-OH is 1. The minimum atomic E-state index is -0.553. The molecule has 0 aromatic heterocycles. The molecule has 1 aliphatic rings. The van der Waals surface area contributed by atoms with Crippen molar-refractivity contribution in [1.29, 1.82) is 0 Å². The summed E-state index contributed by atoms with van der Waals surface area (Å²) in [6, 6.07) is 11.3. The lowest BCUT2D eigenvalue weighted by molar-refractivity contribution is -0.125. The van der Waals surface area contributed by atoms with Crippen molar-refractivity contribution in [2.75, 3.05) is 6.61 Å². The fourth-order valence-electron chi connectivity index (χ4n) is 4.03. The highest BCUT2D eigenvalue weighted by molar-refractivity contribution is 5.93. The molecule has 0 unspecified atom stereocenters. The molecule has 3 rings (SSSR count). The van der Waals surface area contributed by atoms with Crippen molar-refractivity contribution in [3.05, 3.63) is 69.8 Å². The lowest BCUT2D eigenvalue weighted by Gasteiger charge is -2.41. The van der Waals surface area contributed by atoms with Gasteiger partial charge in [-0.3, -0.25) is 4.79 Å². The fourth-order valence-corrected chi connectivity index (χ4v) is 4.03.